The van der Waals surface area contributed by atoms with Gasteiger partial charge in [-0.15, -0.1) is 0 Å². The molecule has 21 heavy (non-hydrogen) atoms. The summed E-state index contributed by atoms with van der Waals surface area (Å²) in [5.74, 6) is 0.298. The Labute approximate surface area is 128 Å². The Morgan fingerprint density at radius 1 is 1.33 bits per heavy atom. The quantitative estimate of drug-likeness (QED) is 0.892. The third kappa shape index (κ3) is 3.70. The lowest BCUT2D eigenvalue weighted by Crippen LogP contribution is -2.19. The summed E-state index contributed by atoms with van der Waals surface area (Å²) >= 11 is 5.98. The zero-order valence-corrected chi connectivity index (χ0v) is 12.9. The van der Waals surface area contributed by atoms with Crippen LogP contribution in [-0.2, 0) is 5.41 Å². The summed E-state index contributed by atoms with van der Waals surface area (Å²) in [7, 11) is 0. The molecule has 0 radical (unpaired) electrons. The molecule has 0 fully saturated rings. The number of nitrogens with zero attached hydrogens (tertiary/aromatic N) is 2. The summed E-state index contributed by atoms with van der Waals surface area (Å²) in [5, 5.41) is 3.05. The lowest BCUT2D eigenvalue weighted by atomic mass is 9.90. The fraction of sp³-hybridized carbons (Fsp3) is 0.267. The summed E-state index contributed by atoms with van der Waals surface area (Å²) in [5.41, 5.74) is 6.76. The SMILES string of the molecule is CC(C)(C)c1cc(C(=O)Nc2ncccc2Cl)cc(N)n1. The molecule has 0 aliphatic heterocycles. The van der Waals surface area contributed by atoms with Gasteiger partial charge in [0.25, 0.3) is 5.91 Å². The lowest BCUT2D eigenvalue weighted by molar-refractivity contribution is 0.102. The van der Waals surface area contributed by atoms with Crippen LogP contribution >= 0.6 is 11.6 Å². The second-order valence-corrected chi connectivity index (χ2v) is 6.11. The number of nitrogen functional groups attached to an aromatic ring is 1. The van der Waals surface area contributed by atoms with Gasteiger partial charge < -0.3 is 11.1 Å². The van der Waals surface area contributed by atoms with E-state index in [0.717, 1.165) is 5.69 Å². The molecule has 0 aliphatic rings. The van der Waals surface area contributed by atoms with Crippen molar-refractivity contribution in [2.24, 2.45) is 0 Å². The molecule has 2 heterocycles. The third-order valence-corrected chi connectivity index (χ3v) is 3.17. The molecule has 0 unspecified atom stereocenters. The number of pyridine rings is 2. The summed E-state index contributed by atoms with van der Waals surface area (Å²) in [4.78, 5) is 20.6. The largest absolute Gasteiger partial charge is 0.384 e. The van der Waals surface area contributed by atoms with E-state index in [1.807, 2.05) is 20.8 Å². The molecule has 110 valence electrons. The first kappa shape index (κ1) is 15.3. The molecule has 0 bridgehead atoms. The van der Waals surface area contributed by atoms with Crippen LogP contribution in [-0.4, -0.2) is 15.9 Å². The van der Waals surface area contributed by atoms with Crippen molar-refractivity contribution in [3.8, 4) is 0 Å². The number of hydrogen-bond acceptors (Lipinski definition) is 4. The topological polar surface area (TPSA) is 80.9 Å². The molecule has 0 saturated carbocycles. The van der Waals surface area contributed by atoms with E-state index >= 15 is 0 Å². The normalized spacial score (nSPS) is 11.2. The smallest absolute Gasteiger partial charge is 0.257 e. The zero-order chi connectivity index (χ0) is 15.6. The average molecular weight is 305 g/mol. The van der Waals surface area contributed by atoms with Crippen molar-refractivity contribution >= 4 is 29.1 Å². The highest BCUT2D eigenvalue weighted by molar-refractivity contribution is 6.33. The number of carbonyl (C=O) groups excluding carboxylic acids is 1. The van der Waals surface area contributed by atoms with Gasteiger partial charge in [-0.05, 0) is 24.3 Å². The van der Waals surface area contributed by atoms with Gasteiger partial charge >= 0.3 is 0 Å². The van der Waals surface area contributed by atoms with E-state index in [2.05, 4.69) is 15.3 Å². The fourth-order valence-electron chi connectivity index (χ4n) is 1.72. The summed E-state index contributed by atoms with van der Waals surface area (Å²) in [6.07, 6.45) is 1.56. The first-order chi connectivity index (χ1) is 9.77. The number of rotatable bonds is 2. The maximum Gasteiger partial charge on any atom is 0.257 e. The monoisotopic (exact) mass is 304 g/mol. The molecule has 3 N–H and O–H groups in total. The Bertz CT molecular complexity index is 680. The van der Waals surface area contributed by atoms with Crippen molar-refractivity contribution in [1.29, 1.82) is 0 Å². The third-order valence-electron chi connectivity index (χ3n) is 2.87. The van der Waals surface area contributed by atoms with Crippen LogP contribution < -0.4 is 11.1 Å². The van der Waals surface area contributed by atoms with Crippen LogP contribution in [0, 0.1) is 0 Å². The Morgan fingerprint density at radius 3 is 2.67 bits per heavy atom. The molecule has 5 nitrogen and oxygen atoms in total. The molecule has 2 aromatic rings. The van der Waals surface area contributed by atoms with Gasteiger partial charge in [-0.1, -0.05) is 32.4 Å². The number of hydrogen-bond donors (Lipinski definition) is 2. The highest BCUT2D eigenvalue weighted by Gasteiger charge is 2.19. The van der Waals surface area contributed by atoms with Crippen LogP contribution in [0.3, 0.4) is 0 Å². The Morgan fingerprint density at radius 2 is 2.05 bits per heavy atom. The minimum absolute atomic E-state index is 0.201. The van der Waals surface area contributed by atoms with E-state index in [1.165, 1.54) is 6.07 Å². The van der Waals surface area contributed by atoms with Crippen molar-refractivity contribution in [3.05, 3.63) is 46.7 Å². The van der Waals surface area contributed by atoms with Crippen molar-refractivity contribution < 1.29 is 4.79 Å². The predicted octanol–water partition coefficient (Wildman–Crippen LogP) is 3.26. The van der Waals surface area contributed by atoms with E-state index in [4.69, 9.17) is 17.3 Å². The van der Waals surface area contributed by atoms with Crippen molar-refractivity contribution in [3.63, 3.8) is 0 Å². The van der Waals surface area contributed by atoms with Gasteiger partial charge in [-0.25, -0.2) is 9.97 Å². The van der Waals surface area contributed by atoms with E-state index in [0.29, 0.717) is 22.2 Å². The van der Waals surface area contributed by atoms with Crippen LogP contribution in [0.15, 0.2) is 30.5 Å². The number of amides is 1. The van der Waals surface area contributed by atoms with E-state index in [-0.39, 0.29) is 11.3 Å². The van der Waals surface area contributed by atoms with Gasteiger partial charge in [0.15, 0.2) is 5.82 Å². The highest BCUT2D eigenvalue weighted by Crippen LogP contribution is 2.23. The van der Waals surface area contributed by atoms with Gasteiger partial charge in [0.05, 0.1) is 5.02 Å². The first-order valence-electron chi connectivity index (χ1n) is 6.47. The maximum atomic E-state index is 12.3. The maximum absolute atomic E-state index is 12.3. The van der Waals surface area contributed by atoms with E-state index in [9.17, 15) is 4.79 Å². The standard InChI is InChI=1S/C15H17ClN4O/c1-15(2,3)11-7-9(8-12(17)19-11)14(21)20-13-10(16)5-4-6-18-13/h4-8H,1-3H3,(H2,17,19)(H,18,20,21). The van der Waals surface area contributed by atoms with Crippen LogP contribution in [0.5, 0.6) is 0 Å². The molecule has 0 saturated heterocycles. The minimum atomic E-state index is -0.324. The van der Waals surface area contributed by atoms with Crippen LogP contribution in [0.25, 0.3) is 0 Å². The van der Waals surface area contributed by atoms with Gasteiger partial charge in [0, 0.05) is 22.9 Å². The van der Waals surface area contributed by atoms with Crippen molar-refractivity contribution in [1.82, 2.24) is 9.97 Å². The number of nitrogens with one attached hydrogen (secondary N) is 1. The van der Waals surface area contributed by atoms with E-state index in [1.54, 1.807) is 24.4 Å². The van der Waals surface area contributed by atoms with Crippen LogP contribution in [0.1, 0.15) is 36.8 Å². The molecule has 2 aromatic heterocycles. The highest BCUT2D eigenvalue weighted by atomic mass is 35.5. The summed E-state index contributed by atoms with van der Waals surface area (Å²) < 4.78 is 0. The van der Waals surface area contributed by atoms with Gasteiger partial charge in [0.2, 0.25) is 0 Å². The van der Waals surface area contributed by atoms with Crippen molar-refractivity contribution in [2.45, 2.75) is 26.2 Å². The number of anilines is 2. The van der Waals surface area contributed by atoms with Crippen LogP contribution in [0.2, 0.25) is 5.02 Å². The average Bonchev–Trinajstić information content (AvgIpc) is 2.39. The molecule has 2 rings (SSSR count). The number of aromatic nitrogens is 2. The number of nitrogens with two attached hydrogens (primary N) is 1. The lowest BCUT2D eigenvalue weighted by Gasteiger charge is -2.19. The zero-order valence-electron chi connectivity index (χ0n) is 12.1. The summed E-state index contributed by atoms with van der Waals surface area (Å²) in [6.45, 7) is 6.02. The number of halogens is 1. The molecule has 0 aliphatic carbocycles. The minimum Gasteiger partial charge on any atom is -0.384 e. The molecule has 0 atom stereocenters. The molecule has 0 aromatic carbocycles. The second kappa shape index (κ2) is 5.69. The van der Waals surface area contributed by atoms with Gasteiger partial charge in [-0.2, -0.15) is 0 Å². The molecular formula is C15H17ClN4O. The molecule has 0 spiro atoms. The number of carbonyl (C=O) groups is 1. The Balaban J connectivity index is 2.32. The summed E-state index contributed by atoms with van der Waals surface area (Å²) in [6, 6.07) is 6.61. The van der Waals surface area contributed by atoms with E-state index < -0.39 is 0 Å². The predicted molar refractivity (Wildman–Crippen MR) is 84.5 cm³/mol. The second-order valence-electron chi connectivity index (χ2n) is 5.70. The molecule has 6 heteroatoms. The Hall–Kier alpha value is -2.14. The molecular weight excluding hydrogens is 288 g/mol. The van der Waals surface area contributed by atoms with Crippen molar-refractivity contribution in [2.75, 3.05) is 11.1 Å². The fourth-order valence-corrected chi connectivity index (χ4v) is 1.89. The van der Waals surface area contributed by atoms with Gasteiger partial charge in [0.1, 0.15) is 5.82 Å². The van der Waals surface area contributed by atoms with Crippen LogP contribution in [0.4, 0.5) is 11.6 Å². The first-order valence-corrected chi connectivity index (χ1v) is 6.85. The van der Waals surface area contributed by atoms with Gasteiger partial charge in [-0.3, -0.25) is 4.79 Å². The molecule has 1 amide bonds. The Kier molecular flexibility index (Phi) is 4.14.